The van der Waals surface area contributed by atoms with Crippen molar-refractivity contribution in [3.63, 3.8) is 0 Å². The molecule has 2 heterocycles. The number of benzene rings is 2. The number of ether oxygens (including phenoxy) is 2. The van der Waals surface area contributed by atoms with E-state index in [0.29, 0.717) is 23.0 Å². The Morgan fingerprint density at radius 2 is 1.85 bits per heavy atom. The predicted octanol–water partition coefficient (Wildman–Crippen LogP) is 3.82. The van der Waals surface area contributed by atoms with Crippen LogP contribution in [0.5, 0.6) is 11.5 Å². The van der Waals surface area contributed by atoms with Crippen molar-refractivity contribution < 1.29 is 14.3 Å². The molecule has 1 aliphatic rings. The third-order valence-corrected chi connectivity index (χ3v) is 4.19. The number of carbonyl (C=O) groups excluding carboxylic acids is 1. The van der Waals surface area contributed by atoms with Gasteiger partial charge in [0, 0.05) is 23.5 Å². The van der Waals surface area contributed by atoms with E-state index >= 15 is 0 Å². The average molecular weight is 362 g/mol. The third-order valence-electron chi connectivity index (χ3n) is 4.19. The molecule has 2 N–H and O–H groups in total. The van der Waals surface area contributed by atoms with Crippen molar-refractivity contribution in [3.05, 3.63) is 65.6 Å². The van der Waals surface area contributed by atoms with E-state index < -0.39 is 0 Å². The summed E-state index contributed by atoms with van der Waals surface area (Å²) >= 11 is 0. The molecule has 0 unspecified atom stereocenters. The van der Waals surface area contributed by atoms with Gasteiger partial charge in [0.25, 0.3) is 5.91 Å². The molecule has 0 saturated heterocycles. The second kappa shape index (κ2) is 6.95. The lowest BCUT2D eigenvalue weighted by atomic mass is 10.1. The quantitative estimate of drug-likeness (QED) is 0.734. The molecule has 27 heavy (non-hydrogen) atoms. The van der Waals surface area contributed by atoms with Gasteiger partial charge in [-0.1, -0.05) is 12.1 Å². The maximum Gasteiger partial charge on any atom is 0.274 e. The highest BCUT2D eigenvalue weighted by Gasteiger charge is 2.15. The molecule has 0 aliphatic carbocycles. The zero-order valence-corrected chi connectivity index (χ0v) is 14.9. The SMILES string of the molecule is Cc1ccc(C)c(Nc2cc(C(=O)Nc3ccc4c(c3)OCO4)ncn2)c1. The van der Waals surface area contributed by atoms with Crippen LogP contribution in [0.15, 0.2) is 48.8 Å². The summed E-state index contributed by atoms with van der Waals surface area (Å²) in [5.74, 6) is 1.48. The number of hydrogen-bond acceptors (Lipinski definition) is 6. The van der Waals surface area contributed by atoms with Crippen LogP contribution in [0.25, 0.3) is 0 Å². The van der Waals surface area contributed by atoms with E-state index in [2.05, 4.69) is 20.6 Å². The Labute approximate surface area is 156 Å². The Balaban J connectivity index is 1.51. The molecule has 3 aromatic rings. The van der Waals surface area contributed by atoms with E-state index in [-0.39, 0.29) is 18.4 Å². The molecule has 0 radical (unpaired) electrons. The number of hydrogen-bond donors (Lipinski definition) is 2. The van der Waals surface area contributed by atoms with Gasteiger partial charge in [-0.05, 0) is 43.2 Å². The Morgan fingerprint density at radius 1 is 1.00 bits per heavy atom. The zero-order chi connectivity index (χ0) is 18.8. The lowest BCUT2D eigenvalue weighted by molar-refractivity contribution is 0.102. The molecule has 1 aliphatic heterocycles. The lowest BCUT2D eigenvalue weighted by Gasteiger charge is -2.11. The largest absolute Gasteiger partial charge is 0.454 e. The van der Waals surface area contributed by atoms with E-state index in [1.807, 2.05) is 32.0 Å². The summed E-state index contributed by atoms with van der Waals surface area (Å²) in [5, 5.41) is 6.05. The maximum atomic E-state index is 12.5. The summed E-state index contributed by atoms with van der Waals surface area (Å²) in [6.07, 6.45) is 1.36. The monoisotopic (exact) mass is 362 g/mol. The van der Waals surface area contributed by atoms with E-state index in [1.165, 1.54) is 6.33 Å². The number of amides is 1. The minimum atomic E-state index is -0.333. The van der Waals surface area contributed by atoms with E-state index in [4.69, 9.17) is 9.47 Å². The molecule has 0 atom stereocenters. The predicted molar refractivity (Wildman–Crippen MR) is 102 cm³/mol. The molecule has 4 rings (SSSR count). The first kappa shape index (κ1) is 16.8. The van der Waals surface area contributed by atoms with Crippen LogP contribution in [0.2, 0.25) is 0 Å². The second-order valence-electron chi connectivity index (χ2n) is 6.25. The fourth-order valence-corrected chi connectivity index (χ4v) is 2.73. The number of aryl methyl sites for hydroxylation is 2. The van der Waals surface area contributed by atoms with Gasteiger partial charge in [0.05, 0.1) is 0 Å². The van der Waals surface area contributed by atoms with Gasteiger partial charge >= 0.3 is 0 Å². The van der Waals surface area contributed by atoms with Gasteiger partial charge < -0.3 is 20.1 Å². The number of aromatic nitrogens is 2. The fraction of sp³-hybridized carbons (Fsp3) is 0.150. The average Bonchev–Trinajstić information content (AvgIpc) is 3.13. The minimum Gasteiger partial charge on any atom is -0.454 e. The number of rotatable bonds is 4. The Kier molecular flexibility index (Phi) is 4.33. The van der Waals surface area contributed by atoms with Gasteiger partial charge in [0.15, 0.2) is 11.5 Å². The summed E-state index contributed by atoms with van der Waals surface area (Å²) in [6, 6.07) is 13.0. The van der Waals surface area contributed by atoms with Crippen LogP contribution in [0.3, 0.4) is 0 Å². The van der Waals surface area contributed by atoms with Gasteiger partial charge in [0.1, 0.15) is 17.8 Å². The summed E-state index contributed by atoms with van der Waals surface area (Å²) in [6.45, 7) is 4.22. The Hall–Kier alpha value is -3.61. The zero-order valence-electron chi connectivity index (χ0n) is 14.9. The lowest BCUT2D eigenvalue weighted by Crippen LogP contribution is -2.14. The second-order valence-corrected chi connectivity index (χ2v) is 6.25. The third kappa shape index (κ3) is 3.67. The summed E-state index contributed by atoms with van der Waals surface area (Å²) in [7, 11) is 0. The van der Waals surface area contributed by atoms with Gasteiger partial charge in [-0.25, -0.2) is 9.97 Å². The normalized spacial score (nSPS) is 11.9. The summed E-state index contributed by atoms with van der Waals surface area (Å²) in [4.78, 5) is 20.8. The fourth-order valence-electron chi connectivity index (χ4n) is 2.73. The van der Waals surface area contributed by atoms with Gasteiger partial charge in [0.2, 0.25) is 6.79 Å². The highest BCUT2D eigenvalue weighted by molar-refractivity contribution is 6.03. The van der Waals surface area contributed by atoms with Crippen molar-refractivity contribution in [2.75, 3.05) is 17.4 Å². The van der Waals surface area contributed by atoms with Crippen LogP contribution in [0.1, 0.15) is 21.6 Å². The smallest absolute Gasteiger partial charge is 0.274 e. The molecule has 136 valence electrons. The molecule has 1 aromatic heterocycles. The summed E-state index contributed by atoms with van der Waals surface area (Å²) < 4.78 is 10.6. The van der Waals surface area contributed by atoms with Gasteiger partial charge in [-0.15, -0.1) is 0 Å². The standard InChI is InChI=1S/C20H18N4O3/c1-12-3-4-13(2)15(7-12)24-19-9-16(21-10-22-19)20(25)23-14-5-6-17-18(8-14)27-11-26-17/h3-10H,11H2,1-2H3,(H,23,25)(H,21,22,24). The van der Waals surface area contributed by atoms with Gasteiger partial charge in [-0.2, -0.15) is 0 Å². The highest BCUT2D eigenvalue weighted by Crippen LogP contribution is 2.34. The van der Waals surface area contributed by atoms with Crippen molar-refractivity contribution in [2.24, 2.45) is 0 Å². The molecule has 0 bridgehead atoms. The van der Waals surface area contributed by atoms with Crippen molar-refractivity contribution >= 4 is 23.1 Å². The number of nitrogens with zero attached hydrogens (tertiary/aromatic N) is 2. The molecule has 2 aromatic carbocycles. The Bertz CT molecular complexity index is 1020. The van der Waals surface area contributed by atoms with Crippen LogP contribution < -0.4 is 20.1 Å². The number of fused-ring (bicyclic) bond motifs is 1. The highest BCUT2D eigenvalue weighted by atomic mass is 16.7. The van der Waals surface area contributed by atoms with Crippen LogP contribution in [0, 0.1) is 13.8 Å². The van der Waals surface area contributed by atoms with Crippen molar-refractivity contribution in [2.45, 2.75) is 13.8 Å². The molecule has 7 nitrogen and oxygen atoms in total. The minimum absolute atomic E-state index is 0.187. The van der Waals surface area contributed by atoms with Crippen LogP contribution in [-0.4, -0.2) is 22.7 Å². The van der Waals surface area contributed by atoms with Crippen molar-refractivity contribution in [1.82, 2.24) is 9.97 Å². The number of carbonyl (C=O) groups is 1. The number of nitrogens with one attached hydrogen (secondary N) is 2. The first-order valence-corrected chi connectivity index (χ1v) is 8.46. The first-order valence-electron chi connectivity index (χ1n) is 8.46. The van der Waals surface area contributed by atoms with E-state index in [0.717, 1.165) is 16.8 Å². The summed E-state index contributed by atoms with van der Waals surface area (Å²) in [5.41, 5.74) is 4.03. The van der Waals surface area contributed by atoms with Gasteiger partial charge in [-0.3, -0.25) is 4.79 Å². The van der Waals surface area contributed by atoms with E-state index in [1.54, 1.807) is 24.3 Å². The molecule has 0 saturated carbocycles. The molecule has 7 heteroatoms. The van der Waals surface area contributed by atoms with Crippen molar-refractivity contribution in [1.29, 1.82) is 0 Å². The van der Waals surface area contributed by atoms with Crippen LogP contribution >= 0.6 is 0 Å². The molecule has 0 spiro atoms. The van der Waals surface area contributed by atoms with Crippen LogP contribution in [0.4, 0.5) is 17.2 Å². The van der Waals surface area contributed by atoms with Crippen LogP contribution in [-0.2, 0) is 0 Å². The number of anilines is 3. The molecule has 1 amide bonds. The molecule has 0 fully saturated rings. The molecular weight excluding hydrogens is 344 g/mol. The van der Waals surface area contributed by atoms with E-state index in [9.17, 15) is 4.79 Å². The van der Waals surface area contributed by atoms with Crippen molar-refractivity contribution in [3.8, 4) is 11.5 Å². The topological polar surface area (TPSA) is 85.4 Å². The first-order chi connectivity index (χ1) is 13.1. The maximum absolute atomic E-state index is 12.5. The molecular formula is C20H18N4O3. The Morgan fingerprint density at radius 3 is 2.74 bits per heavy atom.